The highest BCUT2D eigenvalue weighted by Gasteiger charge is 2.04. The standard InChI is InChI=1S/C17H15FN4O2S/c18-12-3-5-13(6-4-12)20-17(23)19-9-10-24-16-8-7-14(21-22-16)15-2-1-11-25-15/h1-8,11H,9-10H2,(H2,19,20,23). The molecule has 0 aliphatic heterocycles. The lowest BCUT2D eigenvalue weighted by molar-refractivity contribution is 0.246. The van der Waals surface area contributed by atoms with Crippen LogP contribution in [-0.4, -0.2) is 29.4 Å². The number of hydrogen-bond acceptors (Lipinski definition) is 5. The molecule has 25 heavy (non-hydrogen) atoms. The first kappa shape index (κ1) is 16.8. The molecular formula is C17H15FN4O2S. The van der Waals surface area contributed by atoms with Crippen molar-refractivity contribution in [1.82, 2.24) is 15.5 Å². The van der Waals surface area contributed by atoms with Crippen LogP contribution in [0.3, 0.4) is 0 Å². The summed E-state index contributed by atoms with van der Waals surface area (Å²) >= 11 is 1.59. The number of carbonyl (C=O) groups is 1. The third-order valence-corrected chi connectivity index (χ3v) is 4.05. The average molecular weight is 358 g/mol. The van der Waals surface area contributed by atoms with Crippen molar-refractivity contribution in [2.75, 3.05) is 18.5 Å². The van der Waals surface area contributed by atoms with Crippen molar-refractivity contribution in [2.24, 2.45) is 0 Å². The van der Waals surface area contributed by atoms with Crippen LogP contribution < -0.4 is 15.4 Å². The van der Waals surface area contributed by atoms with Gasteiger partial charge in [-0.1, -0.05) is 6.07 Å². The van der Waals surface area contributed by atoms with Gasteiger partial charge < -0.3 is 15.4 Å². The summed E-state index contributed by atoms with van der Waals surface area (Å²) in [6.45, 7) is 0.547. The lowest BCUT2D eigenvalue weighted by Crippen LogP contribution is -2.32. The van der Waals surface area contributed by atoms with Crippen LogP contribution >= 0.6 is 11.3 Å². The van der Waals surface area contributed by atoms with Crippen LogP contribution in [0.4, 0.5) is 14.9 Å². The Balaban J connectivity index is 1.39. The number of anilines is 1. The molecule has 0 aliphatic carbocycles. The number of thiophene rings is 1. The molecule has 0 saturated carbocycles. The van der Waals surface area contributed by atoms with E-state index in [2.05, 4.69) is 20.8 Å². The Morgan fingerprint density at radius 3 is 2.64 bits per heavy atom. The molecule has 2 amide bonds. The number of ether oxygens (including phenoxy) is 1. The molecule has 0 saturated heterocycles. The first-order valence-electron chi connectivity index (χ1n) is 7.51. The molecule has 6 nitrogen and oxygen atoms in total. The predicted octanol–water partition coefficient (Wildman–Crippen LogP) is 3.54. The fourth-order valence-corrected chi connectivity index (χ4v) is 2.67. The van der Waals surface area contributed by atoms with Gasteiger partial charge in [-0.3, -0.25) is 0 Å². The number of amides is 2. The normalized spacial score (nSPS) is 10.3. The zero-order valence-electron chi connectivity index (χ0n) is 13.1. The Morgan fingerprint density at radius 1 is 1.12 bits per heavy atom. The maximum Gasteiger partial charge on any atom is 0.319 e. The number of nitrogens with zero attached hydrogens (tertiary/aromatic N) is 2. The Hall–Kier alpha value is -3.00. The van der Waals surface area contributed by atoms with Crippen LogP contribution in [0.5, 0.6) is 5.88 Å². The van der Waals surface area contributed by atoms with Crippen molar-refractivity contribution in [3.63, 3.8) is 0 Å². The molecule has 0 bridgehead atoms. The van der Waals surface area contributed by atoms with Gasteiger partial charge in [0, 0.05) is 11.8 Å². The van der Waals surface area contributed by atoms with E-state index in [1.165, 1.54) is 24.3 Å². The highest BCUT2D eigenvalue weighted by atomic mass is 32.1. The lowest BCUT2D eigenvalue weighted by Gasteiger charge is -2.08. The van der Waals surface area contributed by atoms with Crippen molar-refractivity contribution in [1.29, 1.82) is 0 Å². The van der Waals surface area contributed by atoms with Crippen LogP contribution in [0.15, 0.2) is 53.9 Å². The van der Waals surface area contributed by atoms with Gasteiger partial charge in [-0.15, -0.1) is 21.5 Å². The fraction of sp³-hybridized carbons (Fsp3) is 0.118. The quantitative estimate of drug-likeness (QED) is 0.661. The van der Waals surface area contributed by atoms with Crippen LogP contribution in [0.1, 0.15) is 0 Å². The van der Waals surface area contributed by atoms with Crippen LogP contribution in [0.2, 0.25) is 0 Å². The number of halogens is 1. The zero-order valence-corrected chi connectivity index (χ0v) is 13.9. The van der Waals surface area contributed by atoms with E-state index in [4.69, 9.17) is 4.74 Å². The fourth-order valence-electron chi connectivity index (χ4n) is 1.98. The smallest absolute Gasteiger partial charge is 0.319 e. The number of carbonyl (C=O) groups excluding carboxylic acids is 1. The van der Waals surface area contributed by atoms with Crippen LogP contribution in [0.25, 0.3) is 10.6 Å². The van der Waals surface area contributed by atoms with E-state index >= 15 is 0 Å². The number of nitrogens with one attached hydrogen (secondary N) is 2. The molecule has 1 aromatic carbocycles. The third-order valence-electron chi connectivity index (χ3n) is 3.15. The van der Waals surface area contributed by atoms with Crippen LogP contribution in [0, 0.1) is 5.82 Å². The van der Waals surface area contributed by atoms with E-state index in [0.29, 0.717) is 18.1 Å². The van der Waals surface area contributed by atoms with E-state index in [-0.39, 0.29) is 12.4 Å². The van der Waals surface area contributed by atoms with Gasteiger partial charge in [-0.25, -0.2) is 9.18 Å². The Morgan fingerprint density at radius 2 is 1.96 bits per heavy atom. The minimum Gasteiger partial charge on any atom is -0.475 e. The number of urea groups is 1. The molecule has 2 heterocycles. The van der Waals surface area contributed by atoms with Crippen molar-refractivity contribution in [3.05, 3.63) is 59.7 Å². The number of rotatable bonds is 6. The summed E-state index contributed by atoms with van der Waals surface area (Å²) in [6.07, 6.45) is 0. The van der Waals surface area contributed by atoms with Gasteiger partial charge in [-0.05, 0) is 41.8 Å². The van der Waals surface area contributed by atoms with E-state index in [9.17, 15) is 9.18 Å². The second kappa shape index (κ2) is 8.20. The molecule has 2 aromatic heterocycles. The molecule has 0 radical (unpaired) electrons. The topological polar surface area (TPSA) is 76.1 Å². The third kappa shape index (κ3) is 4.98. The molecule has 0 aliphatic rings. The van der Waals surface area contributed by atoms with Gasteiger partial charge in [-0.2, -0.15) is 0 Å². The van der Waals surface area contributed by atoms with Gasteiger partial charge in [0.25, 0.3) is 0 Å². The largest absolute Gasteiger partial charge is 0.475 e. The van der Waals surface area contributed by atoms with Crippen molar-refractivity contribution < 1.29 is 13.9 Å². The molecule has 0 atom stereocenters. The van der Waals surface area contributed by atoms with E-state index in [0.717, 1.165) is 10.6 Å². The second-order valence-electron chi connectivity index (χ2n) is 4.97. The molecule has 0 unspecified atom stereocenters. The Kier molecular flexibility index (Phi) is 5.53. The first-order valence-corrected chi connectivity index (χ1v) is 8.39. The van der Waals surface area contributed by atoms with Crippen molar-refractivity contribution in [2.45, 2.75) is 0 Å². The summed E-state index contributed by atoms with van der Waals surface area (Å²) in [7, 11) is 0. The molecule has 8 heteroatoms. The monoisotopic (exact) mass is 358 g/mol. The summed E-state index contributed by atoms with van der Waals surface area (Å²) in [6, 6.07) is 12.6. The molecule has 128 valence electrons. The molecular weight excluding hydrogens is 343 g/mol. The van der Waals surface area contributed by atoms with E-state index < -0.39 is 6.03 Å². The second-order valence-corrected chi connectivity index (χ2v) is 5.92. The van der Waals surface area contributed by atoms with Crippen molar-refractivity contribution >= 4 is 23.1 Å². The first-order chi connectivity index (χ1) is 12.2. The molecule has 3 rings (SSSR count). The maximum atomic E-state index is 12.8. The summed E-state index contributed by atoms with van der Waals surface area (Å²) in [5.41, 5.74) is 1.30. The Bertz CT molecular complexity index is 808. The zero-order chi connectivity index (χ0) is 17.5. The minimum absolute atomic E-state index is 0.254. The predicted molar refractivity (Wildman–Crippen MR) is 94.3 cm³/mol. The van der Waals surface area contributed by atoms with Gasteiger partial charge in [0.05, 0.1) is 11.4 Å². The summed E-state index contributed by atoms with van der Waals surface area (Å²) in [5.74, 6) is 0.0339. The van der Waals surface area contributed by atoms with Crippen molar-refractivity contribution in [3.8, 4) is 16.5 Å². The molecule has 0 spiro atoms. The average Bonchev–Trinajstić information content (AvgIpc) is 3.16. The van der Waals surface area contributed by atoms with Crippen LogP contribution in [-0.2, 0) is 0 Å². The number of hydrogen-bond donors (Lipinski definition) is 2. The summed E-state index contributed by atoms with van der Waals surface area (Å²) in [5, 5.41) is 15.3. The van der Waals surface area contributed by atoms with Gasteiger partial charge in [0.15, 0.2) is 0 Å². The SMILES string of the molecule is O=C(NCCOc1ccc(-c2cccs2)nn1)Nc1ccc(F)cc1. The summed E-state index contributed by atoms with van der Waals surface area (Å²) in [4.78, 5) is 12.7. The number of benzene rings is 1. The Labute approximate surface area is 147 Å². The molecule has 2 N–H and O–H groups in total. The number of aromatic nitrogens is 2. The molecule has 3 aromatic rings. The van der Waals surface area contributed by atoms with Gasteiger partial charge in [0.1, 0.15) is 18.1 Å². The highest BCUT2D eigenvalue weighted by molar-refractivity contribution is 7.13. The lowest BCUT2D eigenvalue weighted by atomic mass is 10.3. The minimum atomic E-state index is -0.394. The maximum absolute atomic E-state index is 12.8. The van der Waals surface area contributed by atoms with Gasteiger partial charge >= 0.3 is 6.03 Å². The van der Waals surface area contributed by atoms with E-state index in [1.54, 1.807) is 17.4 Å². The van der Waals surface area contributed by atoms with Gasteiger partial charge in [0.2, 0.25) is 5.88 Å². The van der Waals surface area contributed by atoms with E-state index in [1.807, 2.05) is 23.6 Å². The molecule has 0 fully saturated rings. The highest BCUT2D eigenvalue weighted by Crippen LogP contribution is 2.22. The summed E-state index contributed by atoms with van der Waals surface area (Å²) < 4.78 is 18.2.